The molecule has 141 heavy (non-hydrogen) atoms. The molecule has 12 bridgehead atoms. The third-order valence-electron chi connectivity index (χ3n) is 25.8. The molecule has 49 nitrogen and oxygen atoms in total. The van der Waals surface area contributed by atoms with Crippen LogP contribution in [-0.4, -0.2) is 316 Å². The highest BCUT2D eigenvalue weighted by Crippen LogP contribution is 2.43. The summed E-state index contributed by atoms with van der Waals surface area (Å²) in [5.74, 6) is 7.42. The highest BCUT2D eigenvalue weighted by Gasteiger charge is 2.54. The van der Waals surface area contributed by atoms with Gasteiger partial charge in [0.2, 0.25) is 53.0 Å². The minimum absolute atomic E-state index is 0. The molecule has 18 heterocycles. The zero-order chi connectivity index (χ0) is 99.7. The third-order valence-corrected chi connectivity index (χ3v) is 26.1. The Balaban J connectivity index is 0.000000147. The van der Waals surface area contributed by atoms with E-state index in [1.807, 2.05) is 129 Å². The number of carboxylic acids is 1. The summed E-state index contributed by atoms with van der Waals surface area (Å²) in [5, 5.41) is 66.0. The number of ether oxygens (including phenoxy) is 2. The molecule has 14 aliphatic rings. The van der Waals surface area contributed by atoms with Crippen molar-refractivity contribution in [3.05, 3.63) is 155 Å². The van der Waals surface area contributed by atoms with Crippen molar-refractivity contribution in [2.75, 3.05) is 79.3 Å². The summed E-state index contributed by atoms with van der Waals surface area (Å²) in [4.78, 5) is 147. The van der Waals surface area contributed by atoms with Gasteiger partial charge in [0.1, 0.15) is 62.7 Å². The average Bonchev–Trinajstić information content (AvgIpc) is 1.67. The van der Waals surface area contributed by atoms with Gasteiger partial charge in [-0.15, -0.1) is 45.1 Å². The number of nitrogens with two attached hydrogens (primary N) is 1. The molecule has 50 heteroatoms. The smallest absolute Gasteiger partial charge is 0.418 e. The van der Waals surface area contributed by atoms with E-state index in [0.29, 0.717) is 144 Å². The van der Waals surface area contributed by atoms with E-state index < -0.39 is 53.2 Å². The number of aliphatic hydroxyl groups excluding tert-OH is 1. The number of benzene rings is 3. The van der Waals surface area contributed by atoms with Gasteiger partial charge in [-0.25, -0.2) is 39.7 Å². The van der Waals surface area contributed by atoms with Crippen molar-refractivity contribution in [2.45, 2.75) is 276 Å². The van der Waals surface area contributed by atoms with Gasteiger partial charge in [-0.1, -0.05) is 133 Å². The Morgan fingerprint density at radius 3 is 1.09 bits per heavy atom. The number of rotatable bonds is 25. The number of likely N-dealkylation sites (N-methyl/N-ethyl adjacent to an activating group) is 1. The molecule has 1 unspecified atom stereocenters. The third kappa shape index (κ3) is 27.4. The van der Waals surface area contributed by atoms with Crippen molar-refractivity contribution in [3.8, 4) is 0 Å². The van der Waals surface area contributed by atoms with Crippen molar-refractivity contribution in [1.29, 1.82) is 0 Å². The van der Waals surface area contributed by atoms with Crippen molar-refractivity contribution < 1.29 is 122 Å². The van der Waals surface area contributed by atoms with E-state index in [9.17, 15) is 61.6 Å². The van der Waals surface area contributed by atoms with Gasteiger partial charge in [0.25, 0.3) is 5.91 Å². The van der Waals surface area contributed by atoms with E-state index in [4.69, 9.17) is 62.3 Å². The molecule has 0 spiro atoms. The number of aryl methyl sites for hydroxylation is 3. The molecule has 14 aliphatic heterocycles. The van der Waals surface area contributed by atoms with Crippen LogP contribution in [0.3, 0.4) is 0 Å². The molecule has 14 amide bonds. The number of nitrogens with one attached hydrogen (secondary N) is 2. The maximum absolute atomic E-state index is 12.7. The van der Waals surface area contributed by atoms with Crippen LogP contribution in [0.1, 0.15) is 246 Å². The molecule has 0 saturated carbocycles. The lowest BCUT2D eigenvalue weighted by molar-refractivity contribution is -0.140. The van der Waals surface area contributed by atoms with Crippen LogP contribution in [0.15, 0.2) is 109 Å². The average molecular weight is 1990 g/mol. The Morgan fingerprint density at radius 2 is 0.745 bits per heavy atom. The normalized spacial score (nSPS) is 24.0. The summed E-state index contributed by atoms with van der Waals surface area (Å²) in [7, 11) is -2.91. The second-order valence-electron chi connectivity index (χ2n) is 35.0. The first kappa shape index (κ1) is 107. The summed E-state index contributed by atoms with van der Waals surface area (Å²) < 4.78 is 66.4. The van der Waals surface area contributed by atoms with Gasteiger partial charge in [-0.05, 0) is 119 Å². The molecule has 21 rings (SSSR count). The number of hydrogen-bond acceptors (Lipinski definition) is 33. The van der Waals surface area contributed by atoms with E-state index in [-0.39, 0.29) is 129 Å². The number of urea groups is 6. The monoisotopic (exact) mass is 1990 g/mol. The fourth-order valence-corrected chi connectivity index (χ4v) is 18.5. The maximum atomic E-state index is 12.7. The maximum Gasteiger partial charge on any atom is 0.418 e. The van der Waals surface area contributed by atoms with E-state index in [0.717, 1.165) is 106 Å². The molecule has 770 valence electrons. The quantitative estimate of drug-likeness (QED) is 0.00924. The highest BCUT2D eigenvalue weighted by molar-refractivity contribution is 7.80. The van der Waals surface area contributed by atoms with Gasteiger partial charge in [-0.3, -0.25) is 48.9 Å². The standard InChI is InChI=1S/C18H23N3O4.C17H20N4O3.C14H18N4O3.C11H16N4O2.C10H14N4O3.C9H12N4O7S.2C4H8O.C3H6O2.CH4/c1-2-15(22)10-19-17(23)16-9-8-14-11-20(16)18(24)21(14)25-12-13-6-4-3-5-7-13;1-2-15-18-19-16(24-15)14-9-8-13-10-20(14)17(22)21(13)23-11-12-6-4-3-5-7-12;15-16-13(19)12-7-6-11-8-17(12)14(20)18(11)21-9-10-4-2-1-3-5-10;1-3-9-12-13-10(17-9)8-5-4-7-6-15(8)11(16)14(7)2;1-2-8-11-12-9(17-8)7-4-3-6-5-13(7)10(15)14(6)16;14-4-7-10-11-8(19-7)6-2-1-5-3-12(6)9(15)13(5)20-21(16,17)18;2*1-2-4-5-3-1;1-2-3(4)5;/h3-7,14,16H,2,8-12H2,1H3,(H,19,23);3-7,13-14H,2,8-11H2,1H3;1-5,11-12H,6-9,15H2,(H,16,19);7-8H,3-6H2,1-2H3;6-7,16H,2-5H2,1H3;5-6,14H,1-4H2,(H,16,17,18);2*1-4H2;2H2,1H3,(H,4,5);1H4/t14-,16?;13-,14+;11-,12+;7-,8+;6-,7+;5-,6+;;;;/m111111..../s1. The Kier molecular flexibility index (Phi) is 39.0. The number of nitrogens with zero attached hydrogens (tertiary/aromatic N) is 20. The number of amides is 14. The molecule has 0 aliphatic carbocycles. The minimum Gasteiger partial charge on any atom is -0.481 e. The Morgan fingerprint density at radius 1 is 0.426 bits per heavy atom. The largest absolute Gasteiger partial charge is 0.481 e. The lowest BCUT2D eigenvalue weighted by Gasteiger charge is -2.29. The van der Waals surface area contributed by atoms with Crippen LogP contribution in [0, 0.1) is 0 Å². The SMILES string of the molecule is C.C1CCOC1.C1CCOC1.CCC(=O)CNC(=O)C1CC[C@@H]2CN1C(=O)N2OCc1ccccc1.CCC(=O)O.CCc1nnc([C@@H]2CC[C@@H]3CN2C(=O)N3C)o1.CCc1nnc([C@@H]2CC[C@@H]3CN2C(=O)N3O)o1.CCc1nnc([C@@H]2CC[C@@H]3CN2C(=O)N3OCc2ccccc2)o1.NNC(=O)[C@@H]1CC[C@@H]2CN1C(=O)N2OCc1ccccc1.O=C1N2C[C@@H](CC[C@H]2c2nnc(CO)o2)N1OS(=O)(=O)O. The van der Waals surface area contributed by atoms with Crippen molar-refractivity contribution in [3.63, 3.8) is 0 Å². The molecular formula is C91H129N23O26S. The first-order valence-corrected chi connectivity index (χ1v) is 49.0. The number of carbonyl (C=O) groups excluding carboxylic acids is 9. The number of carboxylic acid groups (broad SMARTS) is 1. The van der Waals surface area contributed by atoms with E-state index in [2.05, 4.69) is 55.8 Å². The van der Waals surface area contributed by atoms with Gasteiger partial charge < -0.3 is 77.0 Å². The second-order valence-corrected chi connectivity index (χ2v) is 36.0. The van der Waals surface area contributed by atoms with Crippen LogP contribution in [0.2, 0.25) is 0 Å². The predicted molar refractivity (Wildman–Crippen MR) is 491 cm³/mol. The van der Waals surface area contributed by atoms with E-state index in [1.165, 1.54) is 50.7 Å². The first-order valence-electron chi connectivity index (χ1n) is 47.6. The van der Waals surface area contributed by atoms with Gasteiger partial charge in [0.05, 0.1) is 42.8 Å². The fraction of sp³-hybridized carbons (Fsp3) is 0.604. The Bertz CT molecular complexity index is 5260. The molecule has 4 aromatic heterocycles. The summed E-state index contributed by atoms with van der Waals surface area (Å²) in [6.07, 6.45) is 16.5. The van der Waals surface area contributed by atoms with E-state index in [1.54, 1.807) is 28.5 Å². The molecule has 8 N–H and O–H groups in total. The topological polar surface area (TPSA) is 586 Å². The molecule has 3 aromatic carbocycles. The Hall–Kier alpha value is -12.5. The first-order chi connectivity index (χ1) is 67.6. The molecule has 14 fully saturated rings. The zero-order valence-electron chi connectivity index (χ0n) is 79.2. The minimum atomic E-state index is -4.77. The van der Waals surface area contributed by atoms with Crippen molar-refractivity contribution in [1.82, 2.24) is 111 Å². The van der Waals surface area contributed by atoms with Gasteiger partial charge >= 0.3 is 52.6 Å². The Labute approximate surface area is 815 Å². The van der Waals surface area contributed by atoms with Crippen LogP contribution in [-0.2, 0) is 104 Å². The number of hydroxylamine groups is 10. The zero-order valence-corrected chi connectivity index (χ0v) is 80.1. The second kappa shape index (κ2) is 51.2. The van der Waals surface area contributed by atoms with Crippen LogP contribution >= 0.6 is 0 Å². The molecular weight excluding hydrogens is 1860 g/mol. The summed E-state index contributed by atoms with van der Waals surface area (Å²) in [6.45, 7) is 17.0. The number of aliphatic hydroxyl groups is 1. The lowest BCUT2D eigenvalue weighted by Crippen LogP contribution is -2.51. The highest BCUT2D eigenvalue weighted by atomic mass is 32.3. The number of ketones is 1. The van der Waals surface area contributed by atoms with Crippen molar-refractivity contribution in [2.24, 2.45) is 5.84 Å². The lowest BCUT2D eigenvalue weighted by atomic mass is 10.0. The molecule has 12 atom stereocenters. The van der Waals surface area contributed by atoms with Crippen LogP contribution in [0.5, 0.6) is 0 Å². The summed E-state index contributed by atoms with van der Waals surface area (Å²) in [6, 6.07) is 25.5. The number of fused-ring (bicyclic) bond motifs is 12. The molecule has 14 saturated heterocycles. The number of carbonyl (C=O) groups is 10. The van der Waals surface area contributed by atoms with Gasteiger partial charge in [-0.2, -0.15) is 28.7 Å². The predicted octanol–water partition coefficient (Wildman–Crippen LogP) is 8.68. The number of Topliss-reactive ketones (excluding diaryl/α,β-unsaturated/α-hetero) is 1. The molecule has 7 aromatic rings. The number of hydrazine groups is 1. The number of hydrogen-bond donors (Lipinski definition) is 7. The van der Waals surface area contributed by atoms with Crippen LogP contribution < -0.4 is 16.6 Å². The van der Waals surface area contributed by atoms with E-state index >= 15 is 0 Å². The fourth-order valence-electron chi connectivity index (χ4n) is 18.1. The summed E-state index contributed by atoms with van der Waals surface area (Å²) >= 11 is 0. The van der Waals surface area contributed by atoms with Gasteiger partial charge in [0, 0.05) is 105 Å². The molecule has 0 radical (unpaired) electrons. The van der Waals surface area contributed by atoms with Crippen LogP contribution in [0.4, 0.5) is 28.8 Å². The number of aromatic nitrogens is 8. The van der Waals surface area contributed by atoms with Crippen LogP contribution in [0.25, 0.3) is 0 Å². The van der Waals surface area contributed by atoms with Gasteiger partial charge in [0.15, 0.2) is 5.78 Å². The van der Waals surface area contributed by atoms with Crippen molar-refractivity contribution >= 4 is 70.2 Å². The number of aliphatic carboxylic acids is 1. The number of piperidine rings is 6. The summed E-state index contributed by atoms with van der Waals surface area (Å²) in [5.41, 5.74) is 5.15.